The minimum atomic E-state index is -1.12. The summed E-state index contributed by atoms with van der Waals surface area (Å²) in [5.74, 6) is 0. The molecule has 3 aromatic rings. The van der Waals surface area contributed by atoms with Crippen molar-refractivity contribution in [2.45, 2.75) is 38.6 Å². The molecule has 0 fully saturated rings. The van der Waals surface area contributed by atoms with E-state index in [2.05, 4.69) is 87.6 Å². The van der Waals surface area contributed by atoms with E-state index in [0.717, 1.165) is 19.4 Å². The van der Waals surface area contributed by atoms with Gasteiger partial charge in [0, 0.05) is 29.5 Å². The third-order valence-electron chi connectivity index (χ3n) is 6.47. The number of allylic oxidation sites excluding steroid dienone is 1. The van der Waals surface area contributed by atoms with Gasteiger partial charge in [-0.05, 0) is 48.2 Å². The second-order valence-electron chi connectivity index (χ2n) is 8.60. The highest BCUT2D eigenvalue weighted by Crippen LogP contribution is 2.50. The van der Waals surface area contributed by atoms with Gasteiger partial charge in [-0.15, -0.1) is 0 Å². The van der Waals surface area contributed by atoms with Gasteiger partial charge in [-0.25, -0.2) is 0 Å². The zero-order valence-corrected chi connectivity index (χ0v) is 17.7. The number of hydrogen-bond donors (Lipinski definition) is 0. The largest absolute Gasteiger partial charge is 0.221 e. The topological polar surface area (TPSA) is 3.88 Å². The fraction of sp³-hybridized carbons (Fsp3) is 0.375. The van der Waals surface area contributed by atoms with Crippen LogP contribution in [-0.2, 0) is 12.0 Å². The van der Waals surface area contributed by atoms with Crippen molar-refractivity contribution in [1.29, 1.82) is 0 Å². The molecule has 2 heteroatoms. The third-order valence-corrected chi connectivity index (χ3v) is 8.31. The molecule has 0 aliphatic carbocycles. The molecule has 0 radical (unpaired) electrons. The summed E-state index contributed by atoms with van der Waals surface area (Å²) in [5, 5.41) is 5.80. The zero-order valence-electron chi connectivity index (χ0n) is 16.8. The van der Waals surface area contributed by atoms with Gasteiger partial charge in [0.2, 0.25) is 5.52 Å². The van der Waals surface area contributed by atoms with Crippen LogP contribution < -0.4 is 9.87 Å². The Morgan fingerprint density at radius 1 is 1.04 bits per heavy atom. The van der Waals surface area contributed by atoms with Gasteiger partial charge in [0.25, 0.3) is 0 Å². The molecule has 0 atom stereocenters. The van der Waals surface area contributed by atoms with Gasteiger partial charge in [0.15, 0.2) is 12.7 Å². The highest BCUT2D eigenvalue weighted by molar-refractivity contribution is 7.81. The molecule has 26 heavy (non-hydrogen) atoms. The first-order valence-corrected chi connectivity index (χ1v) is 12.8. The number of benzene rings is 2. The molecule has 0 saturated carbocycles. The van der Waals surface area contributed by atoms with E-state index in [9.17, 15) is 0 Å². The quantitative estimate of drug-likeness (QED) is 0.252. The number of rotatable bonds is 3. The Hall–Kier alpha value is -1.72. The molecule has 0 spiro atoms. The van der Waals surface area contributed by atoms with Gasteiger partial charge in [0.1, 0.15) is 5.30 Å². The average molecular weight is 363 g/mol. The van der Waals surface area contributed by atoms with Crippen LogP contribution in [0.15, 0.2) is 54.7 Å². The van der Waals surface area contributed by atoms with Gasteiger partial charge in [-0.3, -0.25) is 0 Å². The highest BCUT2D eigenvalue weighted by Gasteiger charge is 2.40. The van der Waals surface area contributed by atoms with Crippen LogP contribution in [0.25, 0.3) is 21.7 Å². The van der Waals surface area contributed by atoms with Gasteiger partial charge in [-0.1, -0.05) is 26.5 Å². The SMILES string of the molecule is C=C1C[n+]2cccc3ccc4c([P+](C)(C)C)ccc(c4c32)C1(CC)CC. The maximum absolute atomic E-state index is 4.58. The van der Waals surface area contributed by atoms with Crippen LogP contribution in [0.2, 0.25) is 0 Å². The Labute approximate surface area is 158 Å². The monoisotopic (exact) mass is 363 g/mol. The van der Waals surface area contributed by atoms with Crippen molar-refractivity contribution in [1.82, 2.24) is 0 Å². The van der Waals surface area contributed by atoms with Crippen molar-refractivity contribution >= 4 is 34.2 Å². The summed E-state index contributed by atoms with van der Waals surface area (Å²) in [6.45, 7) is 17.4. The van der Waals surface area contributed by atoms with E-state index >= 15 is 0 Å². The molecule has 1 aliphatic heterocycles. The number of nitrogens with zero attached hydrogens (tertiary/aromatic N) is 1. The number of hydrogen-bond acceptors (Lipinski definition) is 0. The van der Waals surface area contributed by atoms with E-state index in [0.29, 0.717) is 0 Å². The molecule has 0 saturated heterocycles. The lowest BCUT2D eigenvalue weighted by Gasteiger charge is -2.33. The molecule has 0 unspecified atom stereocenters. The standard InChI is InChI=1S/C24H30NP/c1-7-24(8-2)17(3)16-25-15-9-10-18-11-12-19-21(26(4,5)6)14-13-20(24)22(19)23(18)25/h9-15H,3,7-8,16H2,1-2,4-6H3/q+2. The van der Waals surface area contributed by atoms with Crippen molar-refractivity contribution in [3.05, 3.63) is 60.3 Å². The molecule has 1 nitrogen and oxygen atoms in total. The maximum atomic E-state index is 4.58. The van der Waals surface area contributed by atoms with Crippen LogP contribution in [0.3, 0.4) is 0 Å². The lowest BCUT2D eigenvalue weighted by molar-refractivity contribution is -0.662. The fourth-order valence-corrected chi connectivity index (χ4v) is 6.42. The third kappa shape index (κ3) is 2.30. The number of pyridine rings is 1. The minimum Gasteiger partial charge on any atom is -0.194 e. The zero-order chi connectivity index (χ0) is 18.7. The average Bonchev–Trinajstić information content (AvgIpc) is 2.72. The van der Waals surface area contributed by atoms with Crippen molar-refractivity contribution in [3.8, 4) is 0 Å². The van der Waals surface area contributed by atoms with Gasteiger partial charge in [0.05, 0.1) is 25.4 Å². The molecule has 134 valence electrons. The smallest absolute Gasteiger partial charge is 0.194 e. The molecule has 1 aromatic heterocycles. The molecule has 4 rings (SSSR count). The summed E-state index contributed by atoms with van der Waals surface area (Å²) in [7, 11) is -1.12. The Morgan fingerprint density at radius 3 is 2.42 bits per heavy atom. The Balaban J connectivity index is 2.28. The normalized spacial score (nSPS) is 16.4. The van der Waals surface area contributed by atoms with Crippen molar-refractivity contribution < 1.29 is 4.57 Å². The molecule has 2 heterocycles. The van der Waals surface area contributed by atoms with Crippen LogP contribution in [0.4, 0.5) is 0 Å². The summed E-state index contributed by atoms with van der Waals surface area (Å²) < 4.78 is 2.43. The summed E-state index contributed by atoms with van der Waals surface area (Å²) in [6, 6.07) is 14.0. The fourth-order valence-electron chi connectivity index (χ4n) is 4.99. The van der Waals surface area contributed by atoms with E-state index in [-0.39, 0.29) is 5.41 Å². The summed E-state index contributed by atoms with van der Waals surface area (Å²) in [4.78, 5) is 0. The summed E-state index contributed by atoms with van der Waals surface area (Å²) in [5.41, 5.74) is 4.28. The first kappa shape index (κ1) is 17.7. The van der Waals surface area contributed by atoms with Crippen LogP contribution >= 0.6 is 7.26 Å². The van der Waals surface area contributed by atoms with E-state index < -0.39 is 7.26 Å². The van der Waals surface area contributed by atoms with Crippen molar-refractivity contribution in [2.24, 2.45) is 0 Å². The molecule has 2 aromatic carbocycles. The van der Waals surface area contributed by atoms with E-state index in [1.54, 1.807) is 5.30 Å². The van der Waals surface area contributed by atoms with Crippen LogP contribution in [0, 0.1) is 0 Å². The van der Waals surface area contributed by atoms with Crippen LogP contribution in [-0.4, -0.2) is 20.0 Å². The lowest BCUT2D eigenvalue weighted by atomic mass is 9.69. The second-order valence-corrected chi connectivity index (χ2v) is 13.1. The van der Waals surface area contributed by atoms with E-state index in [1.165, 1.54) is 32.8 Å². The van der Waals surface area contributed by atoms with Crippen molar-refractivity contribution in [3.63, 3.8) is 0 Å². The predicted molar refractivity (Wildman–Crippen MR) is 117 cm³/mol. The van der Waals surface area contributed by atoms with Gasteiger partial charge in [-0.2, -0.15) is 4.57 Å². The Kier molecular flexibility index (Phi) is 4.01. The van der Waals surface area contributed by atoms with E-state index in [1.807, 2.05) is 0 Å². The van der Waals surface area contributed by atoms with Gasteiger partial charge < -0.3 is 0 Å². The van der Waals surface area contributed by atoms with Crippen LogP contribution in [0.1, 0.15) is 32.3 Å². The molecule has 0 bridgehead atoms. The molecular weight excluding hydrogens is 333 g/mol. The molecular formula is C24H30NP+2. The Morgan fingerprint density at radius 2 is 1.77 bits per heavy atom. The highest BCUT2D eigenvalue weighted by atomic mass is 31.2. The second kappa shape index (κ2) is 5.89. The maximum Gasteiger partial charge on any atom is 0.221 e. The Bertz CT molecular complexity index is 1040. The first-order chi connectivity index (χ1) is 12.3. The summed E-state index contributed by atoms with van der Waals surface area (Å²) >= 11 is 0. The predicted octanol–water partition coefficient (Wildman–Crippen LogP) is 5.44. The molecule has 0 amide bonds. The lowest BCUT2D eigenvalue weighted by Crippen LogP contribution is -2.38. The summed E-state index contributed by atoms with van der Waals surface area (Å²) in [6.07, 6.45) is 4.44. The number of aromatic nitrogens is 1. The van der Waals surface area contributed by atoms with E-state index in [4.69, 9.17) is 0 Å². The van der Waals surface area contributed by atoms with Crippen molar-refractivity contribution in [2.75, 3.05) is 20.0 Å². The van der Waals surface area contributed by atoms with Crippen LogP contribution in [0.5, 0.6) is 0 Å². The molecule has 1 aliphatic rings. The van der Waals surface area contributed by atoms with Gasteiger partial charge >= 0.3 is 0 Å². The first-order valence-electron chi connectivity index (χ1n) is 9.72. The molecule has 0 N–H and O–H groups in total. The minimum absolute atomic E-state index is 0.0629.